The van der Waals surface area contributed by atoms with Crippen molar-refractivity contribution in [1.29, 1.82) is 5.26 Å². The van der Waals surface area contributed by atoms with E-state index in [2.05, 4.69) is 28.7 Å². The van der Waals surface area contributed by atoms with Crippen LogP contribution in [0.5, 0.6) is 17.2 Å². The average molecular weight is 784 g/mol. The van der Waals surface area contributed by atoms with Crippen molar-refractivity contribution in [1.82, 2.24) is 4.57 Å². The third-order valence-electron chi connectivity index (χ3n) is 7.82. The predicted octanol–water partition coefficient (Wildman–Crippen LogP) is 6.01. The highest BCUT2D eigenvalue weighted by molar-refractivity contribution is 14.1. The number of halogens is 1. The molecule has 1 aliphatic rings. The van der Waals surface area contributed by atoms with Crippen LogP contribution in [0.1, 0.15) is 40.8 Å². The topological polar surface area (TPSA) is 112 Å². The maximum absolute atomic E-state index is 14.3. The maximum atomic E-state index is 14.3. The fourth-order valence-corrected chi connectivity index (χ4v) is 7.27. The van der Waals surface area contributed by atoms with Gasteiger partial charge in [0.2, 0.25) is 0 Å². The minimum atomic E-state index is -0.800. The van der Waals surface area contributed by atoms with Crippen LogP contribution in [-0.2, 0) is 16.1 Å². The molecule has 5 aromatic rings. The molecular formula is C38H30IN3O6S. The zero-order valence-electron chi connectivity index (χ0n) is 26.8. The number of ether oxygens (including phenoxy) is 4. The van der Waals surface area contributed by atoms with E-state index in [4.69, 9.17) is 29.2 Å². The van der Waals surface area contributed by atoms with Crippen molar-refractivity contribution >= 4 is 51.7 Å². The SMILES string of the molecule is CCOC(=O)C1=C(c2ccccc2)N=c2s/c(=C\c3cc(I)c(OCc4ccc(C#N)cc4)c(OC)c3)c(=O)n2[C@@H]1c1ccc(OC)cc1. The summed E-state index contributed by atoms with van der Waals surface area (Å²) in [6, 6.07) is 29.0. The molecule has 0 unspecified atom stereocenters. The van der Waals surface area contributed by atoms with Crippen LogP contribution in [0.15, 0.2) is 106 Å². The molecule has 246 valence electrons. The number of carbonyl (C=O) groups is 1. The van der Waals surface area contributed by atoms with Gasteiger partial charge in [0, 0.05) is 5.56 Å². The van der Waals surface area contributed by atoms with Crippen LogP contribution in [0, 0.1) is 14.9 Å². The first-order valence-electron chi connectivity index (χ1n) is 15.3. The van der Waals surface area contributed by atoms with Gasteiger partial charge in [-0.1, -0.05) is 65.9 Å². The molecule has 6 rings (SSSR count). The maximum Gasteiger partial charge on any atom is 0.338 e. The molecule has 9 nitrogen and oxygen atoms in total. The van der Waals surface area contributed by atoms with Crippen LogP contribution in [0.25, 0.3) is 11.8 Å². The highest BCUT2D eigenvalue weighted by Crippen LogP contribution is 2.37. The van der Waals surface area contributed by atoms with Crippen molar-refractivity contribution in [3.8, 4) is 23.3 Å². The molecule has 0 saturated carbocycles. The molecule has 2 heterocycles. The van der Waals surface area contributed by atoms with E-state index in [-0.39, 0.29) is 24.3 Å². The molecule has 1 aromatic heterocycles. The number of thiazole rings is 1. The van der Waals surface area contributed by atoms with Gasteiger partial charge in [-0.3, -0.25) is 9.36 Å². The van der Waals surface area contributed by atoms with E-state index in [0.717, 1.165) is 20.3 Å². The van der Waals surface area contributed by atoms with Gasteiger partial charge in [0.15, 0.2) is 16.3 Å². The summed E-state index contributed by atoms with van der Waals surface area (Å²) in [6.07, 6.45) is 1.79. The Hall–Kier alpha value is -5.19. The van der Waals surface area contributed by atoms with Crippen LogP contribution in [0.4, 0.5) is 0 Å². The minimum absolute atomic E-state index is 0.164. The fourth-order valence-electron chi connectivity index (χ4n) is 5.49. The molecule has 0 N–H and O–H groups in total. The van der Waals surface area contributed by atoms with Crippen molar-refractivity contribution < 1.29 is 23.7 Å². The highest BCUT2D eigenvalue weighted by atomic mass is 127. The third-order valence-corrected chi connectivity index (χ3v) is 9.61. The molecule has 0 saturated heterocycles. The second kappa shape index (κ2) is 14.9. The first-order valence-corrected chi connectivity index (χ1v) is 17.2. The molecule has 49 heavy (non-hydrogen) atoms. The number of aromatic nitrogens is 1. The molecule has 1 aliphatic heterocycles. The summed E-state index contributed by atoms with van der Waals surface area (Å²) in [5, 5.41) is 9.08. The van der Waals surface area contributed by atoms with Crippen LogP contribution < -0.4 is 29.1 Å². The zero-order chi connectivity index (χ0) is 34.5. The fraction of sp³-hybridized carbons (Fsp3) is 0.158. The number of hydrogen-bond donors (Lipinski definition) is 0. The van der Waals surface area contributed by atoms with Gasteiger partial charge in [0.25, 0.3) is 5.56 Å². The van der Waals surface area contributed by atoms with E-state index in [9.17, 15) is 9.59 Å². The Bertz CT molecular complexity index is 2270. The monoisotopic (exact) mass is 783 g/mol. The van der Waals surface area contributed by atoms with Gasteiger partial charge in [0.05, 0.1) is 57.9 Å². The third kappa shape index (κ3) is 7.02. The van der Waals surface area contributed by atoms with E-state index in [0.29, 0.717) is 43.4 Å². The molecule has 0 spiro atoms. The van der Waals surface area contributed by atoms with Gasteiger partial charge in [0.1, 0.15) is 12.4 Å². The molecular weight excluding hydrogens is 753 g/mol. The number of fused-ring (bicyclic) bond motifs is 1. The smallest absolute Gasteiger partial charge is 0.338 e. The van der Waals surface area contributed by atoms with E-state index in [1.54, 1.807) is 56.1 Å². The van der Waals surface area contributed by atoms with Crippen molar-refractivity contribution in [3.05, 3.63) is 148 Å². The van der Waals surface area contributed by atoms with Gasteiger partial charge in [-0.15, -0.1) is 0 Å². The summed E-state index contributed by atoms with van der Waals surface area (Å²) in [4.78, 5) is 33.4. The number of nitrogens with zero attached hydrogens (tertiary/aromatic N) is 3. The number of hydrogen-bond acceptors (Lipinski definition) is 9. The Morgan fingerprint density at radius 3 is 2.41 bits per heavy atom. The Kier molecular flexibility index (Phi) is 10.3. The van der Waals surface area contributed by atoms with Crippen molar-refractivity contribution in [2.75, 3.05) is 20.8 Å². The summed E-state index contributed by atoms with van der Waals surface area (Å²) >= 11 is 3.43. The predicted molar refractivity (Wildman–Crippen MR) is 195 cm³/mol. The van der Waals surface area contributed by atoms with Crippen LogP contribution >= 0.6 is 33.9 Å². The number of esters is 1. The van der Waals surface area contributed by atoms with Gasteiger partial charge < -0.3 is 18.9 Å². The zero-order valence-corrected chi connectivity index (χ0v) is 29.8. The largest absolute Gasteiger partial charge is 0.497 e. The van der Waals surface area contributed by atoms with Crippen LogP contribution in [0.2, 0.25) is 0 Å². The van der Waals surface area contributed by atoms with Gasteiger partial charge >= 0.3 is 5.97 Å². The molecule has 4 aromatic carbocycles. The van der Waals surface area contributed by atoms with E-state index in [1.807, 2.05) is 66.7 Å². The Balaban J connectivity index is 1.47. The second-order valence-electron chi connectivity index (χ2n) is 10.8. The van der Waals surface area contributed by atoms with Gasteiger partial charge in [-0.2, -0.15) is 5.26 Å². The number of rotatable bonds is 10. The highest BCUT2D eigenvalue weighted by Gasteiger charge is 2.35. The summed E-state index contributed by atoms with van der Waals surface area (Å²) in [5.41, 5.74) is 4.08. The molecule has 0 bridgehead atoms. The lowest BCUT2D eigenvalue weighted by atomic mass is 9.93. The average Bonchev–Trinajstić information content (AvgIpc) is 3.44. The van der Waals surface area contributed by atoms with Crippen molar-refractivity contribution in [2.24, 2.45) is 4.99 Å². The molecule has 11 heteroatoms. The summed E-state index contributed by atoms with van der Waals surface area (Å²) in [7, 11) is 3.15. The first kappa shape index (κ1) is 33.7. The Labute approximate surface area is 300 Å². The quantitative estimate of drug-likeness (QED) is 0.126. The molecule has 0 aliphatic carbocycles. The number of benzene rings is 4. The molecule has 0 fully saturated rings. The van der Waals surface area contributed by atoms with Crippen LogP contribution in [0.3, 0.4) is 0 Å². The van der Waals surface area contributed by atoms with Crippen LogP contribution in [-0.4, -0.2) is 31.4 Å². The molecule has 0 radical (unpaired) electrons. The Morgan fingerprint density at radius 1 is 1.02 bits per heavy atom. The minimum Gasteiger partial charge on any atom is -0.497 e. The number of carbonyl (C=O) groups excluding carboxylic acids is 1. The summed E-state index contributed by atoms with van der Waals surface area (Å²) < 4.78 is 25.6. The van der Waals surface area contributed by atoms with E-state index >= 15 is 0 Å². The van der Waals surface area contributed by atoms with Crippen molar-refractivity contribution in [3.63, 3.8) is 0 Å². The molecule has 1 atom stereocenters. The standard InChI is InChI=1S/C38H30IN3O6S/c1-4-47-37(44)32-33(26-8-6-5-7-9-26)41-38-42(34(32)27-14-16-28(45-2)17-15-27)36(43)31(49-38)20-25-18-29(39)35(30(19-25)46-3)48-22-24-12-10-23(21-40)11-13-24/h5-20,34H,4,22H2,1-3H3/b31-20-/t34-/m1/s1. The number of methoxy groups -OCH3 is 2. The molecule has 0 amide bonds. The number of nitriles is 1. The lowest BCUT2D eigenvalue weighted by molar-refractivity contribution is -0.138. The summed E-state index contributed by atoms with van der Waals surface area (Å²) in [6.45, 7) is 2.20. The van der Waals surface area contributed by atoms with Gasteiger partial charge in [-0.05, 0) is 88.7 Å². The lowest BCUT2D eigenvalue weighted by Gasteiger charge is -2.26. The lowest BCUT2D eigenvalue weighted by Crippen LogP contribution is -2.40. The van der Waals surface area contributed by atoms with E-state index < -0.39 is 12.0 Å². The van der Waals surface area contributed by atoms with E-state index in [1.165, 1.54) is 11.3 Å². The first-order chi connectivity index (χ1) is 23.8. The van der Waals surface area contributed by atoms with Gasteiger partial charge in [-0.25, -0.2) is 9.79 Å². The Morgan fingerprint density at radius 2 is 1.76 bits per heavy atom. The normalized spacial score (nSPS) is 14.0. The van der Waals surface area contributed by atoms with Crippen molar-refractivity contribution in [2.45, 2.75) is 19.6 Å². The summed E-state index contributed by atoms with van der Waals surface area (Å²) in [5.74, 6) is 1.17. The second-order valence-corrected chi connectivity index (χ2v) is 13.0.